The molecule has 0 saturated carbocycles. The number of nitrogens with zero attached hydrogens (tertiary/aromatic N) is 3. The highest BCUT2D eigenvalue weighted by Gasteiger charge is 2.39. The topological polar surface area (TPSA) is 54.9 Å². The normalized spacial score (nSPS) is 27.4. The van der Waals surface area contributed by atoms with Gasteiger partial charge in [-0.25, -0.2) is 4.79 Å². The summed E-state index contributed by atoms with van der Waals surface area (Å²) in [4.78, 5) is 20.9. The van der Waals surface area contributed by atoms with E-state index in [4.69, 9.17) is 9.47 Å². The Kier molecular flexibility index (Phi) is 4.45. The summed E-state index contributed by atoms with van der Waals surface area (Å²) >= 11 is 0. The Labute approximate surface area is 155 Å². The van der Waals surface area contributed by atoms with E-state index in [-0.39, 0.29) is 12.1 Å². The maximum absolute atomic E-state index is 12.2. The summed E-state index contributed by atoms with van der Waals surface area (Å²) in [5, 5.41) is 0. The predicted molar refractivity (Wildman–Crippen MR) is 99.6 cm³/mol. The number of amides is 1. The molecule has 0 aromatic carbocycles. The Hall–Kier alpha value is -1.98. The number of rotatable bonds is 4. The van der Waals surface area contributed by atoms with E-state index in [9.17, 15) is 4.79 Å². The molecular weight excluding hydrogens is 330 g/mol. The van der Waals surface area contributed by atoms with Crippen molar-refractivity contribution in [1.82, 2.24) is 9.88 Å². The Morgan fingerprint density at radius 1 is 1.15 bits per heavy atom. The molecule has 1 atom stereocenters. The van der Waals surface area contributed by atoms with E-state index in [1.54, 1.807) is 11.1 Å². The van der Waals surface area contributed by atoms with Crippen LogP contribution in [-0.4, -0.2) is 52.9 Å². The minimum Gasteiger partial charge on any atom is -0.490 e. The average Bonchev–Trinajstić information content (AvgIpc) is 3.12. The largest absolute Gasteiger partial charge is 0.490 e. The molecule has 3 aliphatic rings. The average molecular weight is 359 g/mol. The highest BCUT2D eigenvalue weighted by atomic mass is 16.6. The van der Waals surface area contributed by atoms with Gasteiger partial charge >= 0.3 is 6.09 Å². The molecule has 1 aromatic heterocycles. The van der Waals surface area contributed by atoms with Gasteiger partial charge in [-0.1, -0.05) is 0 Å². The van der Waals surface area contributed by atoms with E-state index in [0.717, 1.165) is 18.7 Å². The molecule has 3 saturated heterocycles. The highest BCUT2D eigenvalue weighted by Crippen LogP contribution is 2.41. The second-order valence-corrected chi connectivity index (χ2v) is 8.68. The molecule has 1 aromatic rings. The van der Waals surface area contributed by atoms with Gasteiger partial charge in [-0.15, -0.1) is 0 Å². The lowest BCUT2D eigenvalue weighted by Gasteiger charge is -2.41. The van der Waals surface area contributed by atoms with Gasteiger partial charge in [-0.3, -0.25) is 4.98 Å². The van der Waals surface area contributed by atoms with Crippen molar-refractivity contribution in [3.05, 3.63) is 18.5 Å². The first-order valence-corrected chi connectivity index (χ1v) is 9.76. The molecule has 4 rings (SSSR count). The van der Waals surface area contributed by atoms with Crippen LogP contribution >= 0.6 is 0 Å². The number of carbonyl (C=O) groups is 1. The van der Waals surface area contributed by atoms with Gasteiger partial charge < -0.3 is 19.3 Å². The molecular formula is C20H29N3O3. The van der Waals surface area contributed by atoms with Gasteiger partial charge in [0.2, 0.25) is 0 Å². The quantitative estimate of drug-likeness (QED) is 0.822. The second-order valence-electron chi connectivity index (χ2n) is 8.68. The van der Waals surface area contributed by atoms with Crippen molar-refractivity contribution in [2.45, 2.75) is 76.6 Å². The Balaban J connectivity index is 1.34. The molecule has 0 spiro atoms. The van der Waals surface area contributed by atoms with Crippen LogP contribution in [0.4, 0.5) is 10.5 Å². The van der Waals surface area contributed by atoms with E-state index >= 15 is 0 Å². The first-order chi connectivity index (χ1) is 12.4. The van der Waals surface area contributed by atoms with Gasteiger partial charge in [-0.2, -0.15) is 0 Å². The fourth-order valence-corrected chi connectivity index (χ4v) is 4.33. The van der Waals surface area contributed by atoms with Crippen LogP contribution in [0.2, 0.25) is 0 Å². The number of carbonyl (C=O) groups excluding carboxylic acids is 1. The molecule has 0 N–H and O–H groups in total. The molecule has 4 heterocycles. The Morgan fingerprint density at radius 2 is 1.85 bits per heavy atom. The van der Waals surface area contributed by atoms with E-state index < -0.39 is 5.60 Å². The van der Waals surface area contributed by atoms with Gasteiger partial charge in [0.1, 0.15) is 18.0 Å². The van der Waals surface area contributed by atoms with Crippen molar-refractivity contribution in [2.24, 2.45) is 0 Å². The van der Waals surface area contributed by atoms with Crippen LogP contribution in [0.5, 0.6) is 5.75 Å². The second kappa shape index (κ2) is 6.63. The maximum atomic E-state index is 12.2. The zero-order valence-corrected chi connectivity index (χ0v) is 16.0. The number of hydrogen-bond donors (Lipinski definition) is 0. The van der Waals surface area contributed by atoms with Crippen molar-refractivity contribution in [2.75, 3.05) is 18.1 Å². The first kappa shape index (κ1) is 17.4. The van der Waals surface area contributed by atoms with Crippen molar-refractivity contribution in [3.8, 4) is 5.75 Å². The van der Waals surface area contributed by atoms with Crippen LogP contribution < -0.4 is 9.64 Å². The fraction of sp³-hybridized carbons (Fsp3) is 0.700. The first-order valence-electron chi connectivity index (χ1n) is 9.76. The van der Waals surface area contributed by atoms with Crippen LogP contribution in [0.3, 0.4) is 0 Å². The van der Waals surface area contributed by atoms with Crippen LogP contribution in [0.15, 0.2) is 18.5 Å². The lowest BCUT2D eigenvalue weighted by Crippen LogP contribution is -2.55. The van der Waals surface area contributed by atoms with Crippen LogP contribution in [0.1, 0.15) is 52.9 Å². The third-order valence-corrected chi connectivity index (χ3v) is 5.66. The summed E-state index contributed by atoms with van der Waals surface area (Å²) in [5.41, 5.74) is 0.705. The summed E-state index contributed by atoms with van der Waals surface area (Å²) in [6, 6.07) is 3.52. The minimum atomic E-state index is -0.467. The summed E-state index contributed by atoms with van der Waals surface area (Å²) in [7, 11) is 0. The number of pyridine rings is 1. The summed E-state index contributed by atoms with van der Waals surface area (Å²) in [6.07, 6.45) is 9.58. The molecule has 142 valence electrons. The molecule has 3 aliphatic heterocycles. The number of aromatic nitrogens is 1. The lowest BCUT2D eigenvalue weighted by atomic mass is 10.0. The maximum Gasteiger partial charge on any atom is 0.410 e. The Bertz CT molecular complexity index is 653. The molecule has 1 unspecified atom stereocenters. The number of likely N-dealkylation sites (tertiary alicyclic amines) is 1. The van der Waals surface area contributed by atoms with E-state index in [2.05, 4.69) is 16.0 Å². The molecule has 3 fully saturated rings. The number of anilines is 1. The predicted octanol–water partition coefficient (Wildman–Crippen LogP) is 3.60. The van der Waals surface area contributed by atoms with Crippen molar-refractivity contribution in [1.29, 1.82) is 0 Å². The Morgan fingerprint density at radius 3 is 2.42 bits per heavy atom. The lowest BCUT2D eigenvalue weighted by molar-refractivity contribution is -0.0141. The van der Waals surface area contributed by atoms with Gasteiger partial charge in [0.25, 0.3) is 0 Å². The van der Waals surface area contributed by atoms with E-state index in [0.29, 0.717) is 18.7 Å². The molecule has 0 radical (unpaired) electrons. The van der Waals surface area contributed by atoms with Crippen LogP contribution in [0, 0.1) is 0 Å². The standard InChI is InChI=1S/C20H29N3O3/c1-20(2,3)26-19(24)22-9-8-16(22)13-25-18-10-17(11-21-12-18)23-14-4-5-15(23)7-6-14/h10-12,14-16H,4-9,13H2,1-3H3. The van der Waals surface area contributed by atoms with Gasteiger partial charge in [0.15, 0.2) is 0 Å². The number of fused-ring (bicyclic) bond motifs is 2. The van der Waals surface area contributed by atoms with E-state index in [1.807, 2.05) is 27.0 Å². The molecule has 1 amide bonds. The summed E-state index contributed by atoms with van der Waals surface area (Å²) in [6.45, 7) is 6.88. The third kappa shape index (κ3) is 3.46. The zero-order chi connectivity index (χ0) is 18.3. The zero-order valence-electron chi connectivity index (χ0n) is 16.0. The van der Waals surface area contributed by atoms with Gasteiger partial charge in [0, 0.05) is 24.7 Å². The smallest absolute Gasteiger partial charge is 0.410 e. The number of ether oxygens (including phenoxy) is 2. The third-order valence-electron chi connectivity index (χ3n) is 5.66. The summed E-state index contributed by atoms with van der Waals surface area (Å²) < 4.78 is 11.4. The molecule has 26 heavy (non-hydrogen) atoms. The minimum absolute atomic E-state index is 0.0801. The van der Waals surface area contributed by atoms with E-state index in [1.165, 1.54) is 31.4 Å². The van der Waals surface area contributed by atoms with Crippen molar-refractivity contribution >= 4 is 11.8 Å². The fourth-order valence-electron chi connectivity index (χ4n) is 4.33. The van der Waals surface area contributed by atoms with Gasteiger partial charge in [-0.05, 0) is 52.9 Å². The molecule has 6 heteroatoms. The highest BCUT2D eigenvalue weighted by molar-refractivity contribution is 5.69. The molecule has 6 nitrogen and oxygen atoms in total. The SMILES string of the molecule is CC(C)(C)OC(=O)N1CCC1COc1cncc(N2C3CCC2CC3)c1. The van der Waals surface area contributed by atoms with Crippen molar-refractivity contribution in [3.63, 3.8) is 0 Å². The van der Waals surface area contributed by atoms with Gasteiger partial charge in [0.05, 0.1) is 24.1 Å². The molecule has 0 aliphatic carbocycles. The molecule has 2 bridgehead atoms. The van der Waals surface area contributed by atoms with Crippen molar-refractivity contribution < 1.29 is 14.3 Å². The summed E-state index contributed by atoms with van der Waals surface area (Å²) in [5.74, 6) is 0.782. The monoisotopic (exact) mass is 359 g/mol. The van der Waals surface area contributed by atoms with Crippen LogP contribution in [0.25, 0.3) is 0 Å². The van der Waals surface area contributed by atoms with Crippen LogP contribution in [-0.2, 0) is 4.74 Å². The number of hydrogen-bond acceptors (Lipinski definition) is 5.